The van der Waals surface area contributed by atoms with E-state index in [2.05, 4.69) is 17.3 Å². The summed E-state index contributed by atoms with van der Waals surface area (Å²) in [4.78, 5) is 25.4. The number of carbonyl (C=O) groups excluding carboxylic acids is 2. The topological polar surface area (TPSA) is 58.6 Å². The molecule has 1 saturated heterocycles. The molecule has 0 spiro atoms. The van der Waals surface area contributed by atoms with Crippen molar-refractivity contribution >= 4 is 11.7 Å². The van der Waals surface area contributed by atoms with Crippen LogP contribution in [0.2, 0.25) is 0 Å². The number of likely N-dealkylation sites (N-methyl/N-ethyl adjacent to an activating group) is 1. The first-order chi connectivity index (χ1) is 11.1. The van der Waals surface area contributed by atoms with Gasteiger partial charge in [0.1, 0.15) is 5.75 Å². The molecule has 0 bridgehead atoms. The Morgan fingerprint density at radius 3 is 2.91 bits per heavy atom. The molecule has 1 aliphatic rings. The summed E-state index contributed by atoms with van der Waals surface area (Å²) in [6.07, 6.45) is 3.50. The quantitative estimate of drug-likeness (QED) is 0.590. The number of benzene rings is 1. The van der Waals surface area contributed by atoms with Crippen LogP contribution in [-0.4, -0.2) is 49.4 Å². The summed E-state index contributed by atoms with van der Waals surface area (Å²) in [6.45, 7) is 3.86. The van der Waals surface area contributed by atoms with Gasteiger partial charge in [-0.1, -0.05) is 12.1 Å². The molecule has 0 aromatic heterocycles. The fourth-order valence-electron chi connectivity index (χ4n) is 2.78. The van der Waals surface area contributed by atoms with Gasteiger partial charge in [0.05, 0.1) is 6.61 Å². The van der Waals surface area contributed by atoms with E-state index in [1.807, 2.05) is 6.07 Å². The molecule has 0 unspecified atom stereocenters. The van der Waals surface area contributed by atoms with Crippen LogP contribution in [0.25, 0.3) is 0 Å². The number of rotatable bonds is 8. The van der Waals surface area contributed by atoms with Gasteiger partial charge in [0.25, 0.3) is 0 Å². The number of ether oxygens (including phenoxy) is 1. The predicted molar refractivity (Wildman–Crippen MR) is 89.8 cm³/mol. The van der Waals surface area contributed by atoms with Gasteiger partial charge in [0.2, 0.25) is 5.91 Å². The SMILES string of the molecule is CC(=O)c1cccc(OCCCC(=O)NC[C@@H]2CCCN2C)c1. The van der Waals surface area contributed by atoms with E-state index in [-0.39, 0.29) is 11.7 Å². The lowest BCUT2D eigenvalue weighted by Crippen LogP contribution is -2.38. The number of amides is 1. The molecular formula is C18H26N2O3. The molecule has 1 aromatic rings. The maximum Gasteiger partial charge on any atom is 0.220 e. The third-order valence-corrected chi connectivity index (χ3v) is 4.26. The Hall–Kier alpha value is -1.88. The summed E-state index contributed by atoms with van der Waals surface area (Å²) in [5.74, 6) is 0.767. The third kappa shape index (κ3) is 5.67. The number of hydrogen-bond donors (Lipinski definition) is 1. The minimum Gasteiger partial charge on any atom is -0.494 e. The molecule has 0 radical (unpaired) electrons. The fourth-order valence-corrected chi connectivity index (χ4v) is 2.78. The van der Waals surface area contributed by atoms with Gasteiger partial charge in [-0.2, -0.15) is 0 Å². The zero-order chi connectivity index (χ0) is 16.7. The lowest BCUT2D eigenvalue weighted by molar-refractivity contribution is -0.121. The first-order valence-corrected chi connectivity index (χ1v) is 8.27. The van der Waals surface area contributed by atoms with E-state index in [4.69, 9.17) is 4.74 Å². The van der Waals surface area contributed by atoms with Crippen LogP contribution in [0.4, 0.5) is 0 Å². The molecule has 1 N–H and O–H groups in total. The average Bonchev–Trinajstić information content (AvgIpc) is 2.95. The van der Waals surface area contributed by atoms with Crippen molar-refractivity contribution in [2.24, 2.45) is 0 Å². The number of ketones is 1. The lowest BCUT2D eigenvalue weighted by Gasteiger charge is -2.19. The first-order valence-electron chi connectivity index (χ1n) is 8.27. The zero-order valence-electron chi connectivity index (χ0n) is 14.0. The third-order valence-electron chi connectivity index (χ3n) is 4.26. The molecular weight excluding hydrogens is 292 g/mol. The molecule has 1 fully saturated rings. The van der Waals surface area contributed by atoms with E-state index < -0.39 is 0 Å². The predicted octanol–water partition coefficient (Wildman–Crippen LogP) is 2.26. The van der Waals surface area contributed by atoms with Crippen molar-refractivity contribution < 1.29 is 14.3 Å². The molecule has 5 heteroatoms. The molecule has 5 nitrogen and oxygen atoms in total. The lowest BCUT2D eigenvalue weighted by atomic mass is 10.1. The maximum absolute atomic E-state index is 11.8. The highest BCUT2D eigenvalue weighted by molar-refractivity contribution is 5.94. The fraction of sp³-hybridized carbons (Fsp3) is 0.556. The average molecular weight is 318 g/mol. The van der Waals surface area contributed by atoms with Gasteiger partial charge in [-0.25, -0.2) is 0 Å². The van der Waals surface area contributed by atoms with Gasteiger partial charge in [-0.15, -0.1) is 0 Å². The largest absolute Gasteiger partial charge is 0.494 e. The Kier molecular flexibility index (Phi) is 6.59. The van der Waals surface area contributed by atoms with Crippen molar-refractivity contribution in [1.82, 2.24) is 10.2 Å². The van der Waals surface area contributed by atoms with Crippen LogP contribution < -0.4 is 10.1 Å². The van der Waals surface area contributed by atoms with Gasteiger partial charge in [0.15, 0.2) is 5.78 Å². The molecule has 1 aliphatic heterocycles. The molecule has 0 aliphatic carbocycles. The number of carbonyl (C=O) groups is 2. The van der Waals surface area contributed by atoms with Crippen LogP contribution in [0.3, 0.4) is 0 Å². The number of likely N-dealkylation sites (tertiary alicyclic amines) is 1. The standard InChI is InChI=1S/C18H26N2O3/c1-14(21)15-6-3-8-17(12-15)23-11-5-9-18(22)19-13-16-7-4-10-20(16)2/h3,6,8,12,16H,4-5,7,9-11,13H2,1-2H3,(H,19,22)/t16-/m0/s1. The number of nitrogens with zero attached hydrogens (tertiary/aromatic N) is 1. The molecule has 23 heavy (non-hydrogen) atoms. The second kappa shape index (κ2) is 8.67. The van der Waals surface area contributed by atoms with E-state index in [1.165, 1.54) is 13.3 Å². The van der Waals surface area contributed by atoms with Crippen LogP contribution in [-0.2, 0) is 4.79 Å². The van der Waals surface area contributed by atoms with Gasteiger partial charge in [-0.05, 0) is 51.9 Å². The van der Waals surface area contributed by atoms with Crippen LogP contribution >= 0.6 is 0 Å². The van der Waals surface area contributed by atoms with Gasteiger partial charge in [0, 0.05) is 24.6 Å². The normalized spacial score (nSPS) is 17.9. The van der Waals surface area contributed by atoms with Crippen LogP contribution in [0, 0.1) is 0 Å². The van der Waals surface area contributed by atoms with E-state index in [0.29, 0.717) is 36.8 Å². The summed E-state index contributed by atoms with van der Waals surface area (Å²) < 4.78 is 5.60. The molecule has 1 atom stereocenters. The van der Waals surface area contributed by atoms with Crippen LogP contribution in [0.15, 0.2) is 24.3 Å². The Labute approximate surface area is 138 Å². The summed E-state index contributed by atoms with van der Waals surface area (Å²) in [5.41, 5.74) is 0.640. The Balaban J connectivity index is 1.62. The second-order valence-electron chi connectivity index (χ2n) is 6.12. The van der Waals surface area contributed by atoms with E-state index in [9.17, 15) is 9.59 Å². The van der Waals surface area contributed by atoms with Crippen LogP contribution in [0.5, 0.6) is 5.75 Å². The summed E-state index contributed by atoms with van der Waals surface area (Å²) in [6, 6.07) is 7.60. The van der Waals surface area contributed by atoms with Crippen molar-refractivity contribution in [3.8, 4) is 5.75 Å². The molecule has 1 aromatic carbocycles. The van der Waals surface area contributed by atoms with E-state index in [0.717, 1.165) is 19.5 Å². The summed E-state index contributed by atoms with van der Waals surface area (Å²) in [5, 5.41) is 3.00. The minimum absolute atomic E-state index is 0.0201. The highest BCUT2D eigenvalue weighted by atomic mass is 16.5. The van der Waals surface area contributed by atoms with Crippen molar-refractivity contribution in [2.75, 3.05) is 26.7 Å². The van der Waals surface area contributed by atoms with Crippen LogP contribution in [0.1, 0.15) is 43.0 Å². The maximum atomic E-state index is 11.8. The molecule has 1 amide bonds. The zero-order valence-corrected chi connectivity index (χ0v) is 14.0. The van der Waals surface area contributed by atoms with Gasteiger partial charge >= 0.3 is 0 Å². The Morgan fingerprint density at radius 1 is 1.39 bits per heavy atom. The van der Waals surface area contributed by atoms with Crippen molar-refractivity contribution in [3.63, 3.8) is 0 Å². The second-order valence-corrected chi connectivity index (χ2v) is 6.12. The van der Waals surface area contributed by atoms with Crippen molar-refractivity contribution in [1.29, 1.82) is 0 Å². The summed E-state index contributed by atoms with van der Waals surface area (Å²) >= 11 is 0. The first kappa shape index (κ1) is 17.5. The number of nitrogens with one attached hydrogen (secondary N) is 1. The Morgan fingerprint density at radius 2 is 2.22 bits per heavy atom. The molecule has 0 saturated carbocycles. The van der Waals surface area contributed by atoms with Gasteiger partial charge < -0.3 is 15.0 Å². The number of hydrogen-bond acceptors (Lipinski definition) is 4. The smallest absolute Gasteiger partial charge is 0.220 e. The monoisotopic (exact) mass is 318 g/mol. The summed E-state index contributed by atoms with van der Waals surface area (Å²) in [7, 11) is 2.10. The van der Waals surface area contributed by atoms with E-state index >= 15 is 0 Å². The van der Waals surface area contributed by atoms with Crippen molar-refractivity contribution in [3.05, 3.63) is 29.8 Å². The van der Waals surface area contributed by atoms with Crippen molar-refractivity contribution in [2.45, 2.75) is 38.6 Å². The highest BCUT2D eigenvalue weighted by Crippen LogP contribution is 2.15. The molecule has 1 heterocycles. The number of Topliss-reactive ketones (excluding diaryl/α,β-unsaturated/α-hetero) is 1. The minimum atomic E-state index is 0.0201. The van der Waals surface area contributed by atoms with Gasteiger partial charge in [-0.3, -0.25) is 9.59 Å². The van der Waals surface area contributed by atoms with E-state index in [1.54, 1.807) is 18.2 Å². The molecule has 126 valence electrons. The molecule has 2 rings (SSSR count). The highest BCUT2D eigenvalue weighted by Gasteiger charge is 2.20. The Bertz CT molecular complexity index is 545.